The van der Waals surface area contributed by atoms with Crippen molar-refractivity contribution in [3.63, 3.8) is 0 Å². The van der Waals surface area contributed by atoms with Crippen LogP contribution in [0.5, 0.6) is 0 Å². The molecule has 118 valence electrons. The lowest BCUT2D eigenvalue weighted by Gasteiger charge is -2.11. The molecule has 7 heteroatoms. The molecular formula is C16H18N6O. The van der Waals surface area contributed by atoms with Crippen LogP contribution in [0.3, 0.4) is 0 Å². The maximum absolute atomic E-state index is 12.1. The van der Waals surface area contributed by atoms with E-state index in [1.807, 2.05) is 47.8 Å². The summed E-state index contributed by atoms with van der Waals surface area (Å²) in [6, 6.07) is 9.52. The smallest absolute Gasteiger partial charge is 0.240 e. The number of nitrogens with one attached hydrogen (secondary N) is 1. The lowest BCUT2D eigenvalue weighted by Crippen LogP contribution is -2.27. The zero-order chi connectivity index (χ0) is 16.2. The number of imidazole rings is 1. The Balaban J connectivity index is 1.63. The van der Waals surface area contributed by atoms with Gasteiger partial charge in [-0.3, -0.25) is 4.79 Å². The van der Waals surface area contributed by atoms with Crippen molar-refractivity contribution in [1.29, 1.82) is 0 Å². The molecule has 3 aromatic rings. The minimum atomic E-state index is -0.0850. The van der Waals surface area contributed by atoms with Gasteiger partial charge in [-0.25, -0.2) is 15.0 Å². The van der Waals surface area contributed by atoms with Gasteiger partial charge in [0.1, 0.15) is 6.54 Å². The number of hydrogen-bond acceptors (Lipinski definition) is 5. The first-order chi connectivity index (χ1) is 11.1. The maximum atomic E-state index is 12.1. The summed E-state index contributed by atoms with van der Waals surface area (Å²) < 4.78 is 1.83. The highest BCUT2D eigenvalue weighted by Crippen LogP contribution is 2.11. The van der Waals surface area contributed by atoms with Gasteiger partial charge in [0.25, 0.3) is 0 Å². The standard InChI is InChI=1S/C16H18N6O/c1-21(2)16-17-8-7-12(20-16)9-18-15(23)10-22-11-19-13-5-3-4-6-14(13)22/h3-8,11H,9-10H2,1-2H3,(H,18,23). The number of anilines is 1. The van der Waals surface area contributed by atoms with Crippen molar-refractivity contribution >= 4 is 22.9 Å². The van der Waals surface area contributed by atoms with E-state index < -0.39 is 0 Å². The Hall–Kier alpha value is -2.96. The highest BCUT2D eigenvalue weighted by Gasteiger charge is 2.08. The van der Waals surface area contributed by atoms with Crippen LogP contribution in [0.15, 0.2) is 42.9 Å². The predicted molar refractivity (Wildman–Crippen MR) is 87.9 cm³/mol. The number of para-hydroxylation sites is 2. The van der Waals surface area contributed by atoms with Gasteiger partial charge in [0.15, 0.2) is 0 Å². The molecule has 0 saturated carbocycles. The minimum Gasteiger partial charge on any atom is -0.349 e. The summed E-state index contributed by atoms with van der Waals surface area (Å²) >= 11 is 0. The summed E-state index contributed by atoms with van der Waals surface area (Å²) in [5.41, 5.74) is 2.60. The summed E-state index contributed by atoms with van der Waals surface area (Å²) in [5, 5.41) is 2.87. The molecule has 2 heterocycles. The molecular weight excluding hydrogens is 292 g/mol. The molecule has 0 unspecified atom stereocenters. The van der Waals surface area contributed by atoms with E-state index in [4.69, 9.17) is 0 Å². The van der Waals surface area contributed by atoms with Crippen LogP contribution in [0, 0.1) is 0 Å². The van der Waals surface area contributed by atoms with Crippen LogP contribution in [-0.4, -0.2) is 39.5 Å². The van der Waals surface area contributed by atoms with E-state index >= 15 is 0 Å². The molecule has 1 amide bonds. The monoisotopic (exact) mass is 310 g/mol. The van der Waals surface area contributed by atoms with Crippen molar-refractivity contribution in [2.45, 2.75) is 13.1 Å². The zero-order valence-corrected chi connectivity index (χ0v) is 13.1. The second-order valence-corrected chi connectivity index (χ2v) is 5.38. The third kappa shape index (κ3) is 3.45. The molecule has 0 aliphatic rings. The van der Waals surface area contributed by atoms with Crippen molar-refractivity contribution in [3.8, 4) is 0 Å². The Kier molecular flexibility index (Phi) is 4.18. The molecule has 0 spiro atoms. The number of carbonyl (C=O) groups excluding carboxylic acids is 1. The van der Waals surface area contributed by atoms with Gasteiger partial charge in [-0.15, -0.1) is 0 Å². The average molecular weight is 310 g/mol. The van der Waals surface area contributed by atoms with Crippen LogP contribution in [0.25, 0.3) is 11.0 Å². The number of rotatable bonds is 5. The first kappa shape index (κ1) is 15.0. The maximum Gasteiger partial charge on any atom is 0.240 e. The van der Waals surface area contributed by atoms with Gasteiger partial charge < -0.3 is 14.8 Å². The molecule has 0 atom stereocenters. The normalized spacial score (nSPS) is 10.7. The van der Waals surface area contributed by atoms with E-state index in [0.29, 0.717) is 12.5 Å². The van der Waals surface area contributed by atoms with Crippen molar-refractivity contribution < 1.29 is 4.79 Å². The van der Waals surface area contributed by atoms with Crippen LogP contribution in [0.2, 0.25) is 0 Å². The van der Waals surface area contributed by atoms with Gasteiger partial charge in [-0.2, -0.15) is 0 Å². The predicted octanol–water partition coefficient (Wildman–Crippen LogP) is 1.21. The second-order valence-electron chi connectivity index (χ2n) is 5.38. The molecule has 0 bridgehead atoms. The summed E-state index contributed by atoms with van der Waals surface area (Å²) in [6.07, 6.45) is 3.37. The van der Waals surface area contributed by atoms with Crippen molar-refractivity contribution in [1.82, 2.24) is 24.8 Å². The van der Waals surface area contributed by atoms with Gasteiger partial charge >= 0.3 is 0 Å². The Bertz CT molecular complexity index is 826. The Morgan fingerprint density at radius 3 is 2.87 bits per heavy atom. The third-order valence-electron chi connectivity index (χ3n) is 3.41. The number of amides is 1. The van der Waals surface area contributed by atoms with Gasteiger partial charge in [-0.05, 0) is 18.2 Å². The number of aromatic nitrogens is 4. The Labute approximate surface area is 134 Å². The largest absolute Gasteiger partial charge is 0.349 e. The van der Waals surface area contributed by atoms with Crippen LogP contribution < -0.4 is 10.2 Å². The van der Waals surface area contributed by atoms with Gasteiger partial charge in [0.05, 0.1) is 29.6 Å². The number of hydrogen-bond donors (Lipinski definition) is 1. The molecule has 1 N–H and O–H groups in total. The Morgan fingerprint density at radius 1 is 1.22 bits per heavy atom. The fourth-order valence-electron chi connectivity index (χ4n) is 2.23. The van der Waals surface area contributed by atoms with Crippen LogP contribution >= 0.6 is 0 Å². The first-order valence-corrected chi connectivity index (χ1v) is 7.29. The van der Waals surface area contributed by atoms with Crippen LogP contribution in [0.4, 0.5) is 5.95 Å². The van der Waals surface area contributed by atoms with Crippen LogP contribution in [0.1, 0.15) is 5.69 Å². The summed E-state index contributed by atoms with van der Waals surface area (Å²) in [6.45, 7) is 0.598. The quantitative estimate of drug-likeness (QED) is 0.766. The SMILES string of the molecule is CN(C)c1nccc(CNC(=O)Cn2cnc3ccccc32)n1. The fraction of sp³-hybridized carbons (Fsp3) is 0.250. The molecule has 3 rings (SSSR count). The van der Waals surface area contributed by atoms with Crippen molar-refractivity contribution in [2.75, 3.05) is 19.0 Å². The molecule has 0 fully saturated rings. The summed E-state index contributed by atoms with van der Waals surface area (Å²) in [7, 11) is 3.75. The number of fused-ring (bicyclic) bond motifs is 1. The Morgan fingerprint density at radius 2 is 2.04 bits per heavy atom. The van der Waals surface area contributed by atoms with Crippen molar-refractivity contribution in [3.05, 3.63) is 48.5 Å². The summed E-state index contributed by atoms with van der Waals surface area (Å²) in [4.78, 5) is 26.8. The average Bonchev–Trinajstić information content (AvgIpc) is 2.96. The van der Waals surface area contributed by atoms with Gasteiger partial charge in [-0.1, -0.05) is 12.1 Å². The first-order valence-electron chi connectivity index (χ1n) is 7.29. The van der Waals surface area contributed by atoms with Crippen LogP contribution in [-0.2, 0) is 17.9 Å². The molecule has 7 nitrogen and oxygen atoms in total. The molecule has 1 aromatic carbocycles. The molecule has 0 saturated heterocycles. The van der Waals surface area contributed by atoms with E-state index in [1.165, 1.54) is 0 Å². The van der Waals surface area contributed by atoms with E-state index in [0.717, 1.165) is 16.7 Å². The second kappa shape index (κ2) is 6.43. The van der Waals surface area contributed by atoms with Gasteiger partial charge in [0.2, 0.25) is 11.9 Å². The third-order valence-corrected chi connectivity index (χ3v) is 3.41. The van der Waals surface area contributed by atoms with Gasteiger partial charge in [0, 0.05) is 20.3 Å². The number of nitrogens with zero attached hydrogens (tertiary/aromatic N) is 5. The highest BCUT2D eigenvalue weighted by molar-refractivity contribution is 5.80. The summed E-state index contributed by atoms with van der Waals surface area (Å²) in [5.74, 6) is 0.538. The zero-order valence-electron chi connectivity index (χ0n) is 13.1. The molecule has 23 heavy (non-hydrogen) atoms. The molecule has 0 aliphatic carbocycles. The molecule has 2 aromatic heterocycles. The lowest BCUT2D eigenvalue weighted by molar-refractivity contribution is -0.121. The fourth-order valence-corrected chi connectivity index (χ4v) is 2.23. The minimum absolute atomic E-state index is 0.0850. The van der Waals surface area contributed by atoms with E-state index in [9.17, 15) is 4.79 Å². The number of carbonyl (C=O) groups is 1. The lowest BCUT2D eigenvalue weighted by atomic mass is 10.3. The topological polar surface area (TPSA) is 75.9 Å². The molecule has 0 radical (unpaired) electrons. The molecule has 0 aliphatic heterocycles. The van der Waals surface area contributed by atoms with E-state index in [1.54, 1.807) is 18.6 Å². The van der Waals surface area contributed by atoms with Crippen molar-refractivity contribution in [2.24, 2.45) is 0 Å². The highest BCUT2D eigenvalue weighted by atomic mass is 16.1. The van der Waals surface area contributed by atoms with E-state index in [2.05, 4.69) is 20.3 Å². The number of benzene rings is 1. The van der Waals surface area contributed by atoms with E-state index in [-0.39, 0.29) is 12.5 Å².